The van der Waals surface area contributed by atoms with Gasteiger partial charge in [0.1, 0.15) is 34.8 Å². The van der Waals surface area contributed by atoms with E-state index >= 15 is 22.0 Å². The van der Waals surface area contributed by atoms with E-state index in [1.165, 1.54) is 37.5 Å². The van der Waals surface area contributed by atoms with Gasteiger partial charge in [0.2, 0.25) is 0 Å². The molecule has 1 aliphatic rings. The molecule has 0 aliphatic heterocycles. The van der Waals surface area contributed by atoms with Crippen LogP contribution in [0.4, 0.5) is 39.5 Å². The van der Waals surface area contributed by atoms with E-state index in [-0.39, 0.29) is 41.0 Å². The first kappa shape index (κ1) is 37.1. The van der Waals surface area contributed by atoms with Gasteiger partial charge in [-0.25, -0.2) is 22.0 Å². The second-order valence-corrected chi connectivity index (χ2v) is 12.9. The molecule has 1 saturated carbocycles. The highest BCUT2D eigenvalue weighted by molar-refractivity contribution is 5.72. The molecule has 0 atom stereocenters. The number of unbranched alkanes of at least 4 members (excludes halogenated alkanes) is 2. The van der Waals surface area contributed by atoms with Gasteiger partial charge in [0, 0.05) is 22.8 Å². The average molecular weight is 705 g/mol. The Morgan fingerprint density at radius 2 is 1.36 bits per heavy atom. The van der Waals surface area contributed by atoms with E-state index in [4.69, 9.17) is 4.74 Å². The van der Waals surface area contributed by atoms with Gasteiger partial charge in [0.15, 0.2) is 0 Å². The molecule has 1 aliphatic carbocycles. The van der Waals surface area contributed by atoms with Crippen molar-refractivity contribution in [3.05, 3.63) is 125 Å². The molecule has 0 bridgehead atoms. The third kappa shape index (κ3) is 8.92. The van der Waals surface area contributed by atoms with Gasteiger partial charge in [-0.15, -0.1) is 0 Å². The van der Waals surface area contributed by atoms with Crippen LogP contribution in [0.5, 0.6) is 5.75 Å². The van der Waals surface area contributed by atoms with Crippen LogP contribution in [-0.4, -0.2) is 0 Å². The molecule has 50 heavy (non-hydrogen) atoms. The van der Waals surface area contributed by atoms with Crippen molar-refractivity contribution in [3.63, 3.8) is 0 Å². The topological polar surface area (TPSA) is 9.23 Å². The van der Waals surface area contributed by atoms with E-state index in [9.17, 15) is 17.6 Å². The van der Waals surface area contributed by atoms with Crippen LogP contribution >= 0.6 is 0 Å². The van der Waals surface area contributed by atoms with E-state index in [0.29, 0.717) is 23.6 Å². The minimum absolute atomic E-state index is 0.00344. The summed E-state index contributed by atoms with van der Waals surface area (Å²) in [4.78, 5) is 0. The summed E-state index contributed by atoms with van der Waals surface area (Å²) >= 11 is 0. The van der Waals surface area contributed by atoms with Gasteiger partial charge in [-0.1, -0.05) is 50.8 Å². The van der Waals surface area contributed by atoms with Crippen molar-refractivity contribution < 1.29 is 44.3 Å². The lowest BCUT2D eigenvalue weighted by Gasteiger charge is -2.29. The number of allylic oxidation sites excluding steroid dienone is 1. The smallest absolute Gasteiger partial charge is 0.429 e. The van der Waals surface area contributed by atoms with Crippen molar-refractivity contribution in [1.29, 1.82) is 0 Å². The molecular weight excluding hydrogens is 667 g/mol. The number of hydrogen-bond donors (Lipinski definition) is 0. The van der Waals surface area contributed by atoms with E-state index in [1.54, 1.807) is 0 Å². The maximum atomic E-state index is 15.2. The average Bonchev–Trinajstić information content (AvgIpc) is 3.06. The number of hydrogen-bond acceptors (Lipinski definition) is 1. The maximum absolute atomic E-state index is 15.2. The summed E-state index contributed by atoms with van der Waals surface area (Å²) in [6.45, 7) is 2.16. The minimum atomic E-state index is -4.12. The fourth-order valence-electron chi connectivity index (χ4n) is 6.72. The molecule has 1 fully saturated rings. The zero-order valence-electron chi connectivity index (χ0n) is 27.5. The summed E-state index contributed by atoms with van der Waals surface area (Å²) in [6.07, 6.45) is 2.35. The molecule has 0 radical (unpaired) electrons. The molecule has 0 saturated heterocycles. The maximum Gasteiger partial charge on any atom is 0.429 e. The van der Waals surface area contributed by atoms with Gasteiger partial charge >= 0.3 is 6.11 Å². The lowest BCUT2D eigenvalue weighted by molar-refractivity contribution is -0.187. The fraction of sp³-hybridized carbons (Fsp3) is 0.350. The number of ether oxygens (including phenoxy) is 1. The highest BCUT2D eigenvalue weighted by atomic mass is 19.3. The second-order valence-electron chi connectivity index (χ2n) is 12.9. The molecular formula is C40H37F9O. The summed E-state index contributed by atoms with van der Waals surface area (Å²) in [6, 6.07) is 11.5. The van der Waals surface area contributed by atoms with Crippen molar-refractivity contribution in [2.24, 2.45) is 5.92 Å². The third-order valence-electron chi connectivity index (χ3n) is 9.45. The molecule has 10 heteroatoms. The van der Waals surface area contributed by atoms with Gasteiger partial charge in [-0.2, -0.15) is 17.6 Å². The summed E-state index contributed by atoms with van der Waals surface area (Å²) in [5.74, 6) is -5.05. The Morgan fingerprint density at radius 3 is 1.98 bits per heavy atom. The molecule has 0 amide bonds. The number of alkyl halides is 2. The highest BCUT2D eigenvalue weighted by Crippen LogP contribution is 2.41. The van der Waals surface area contributed by atoms with Crippen molar-refractivity contribution in [1.82, 2.24) is 0 Å². The first-order valence-electron chi connectivity index (χ1n) is 16.8. The highest BCUT2D eigenvalue weighted by Gasteiger charge is 2.38. The Hall–Kier alpha value is -4.21. The standard InChI is InChI=1S/C40H37F9O/c1-2-3-4-6-24-9-11-25(12-10-24)26-14-18-33(38(45)19-26)40(48,49)50-29-15-17-30(37(44)23-29)27-13-16-31(34(41)20-27)28-21-35(42)32(36(43)22-28)7-5-8-39(46)47/h8,13-25H,2-7,9-12H2,1H3. The normalized spacial score (nSPS) is 16.4. The van der Waals surface area contributed by atoms with E-state index in [2.05, 4.69) is 6.92 Å². The predicted octanol–water partition coefficient (Wildman–Crippen LogP) is 13.4. The van der Waals surface area contributed by atoms with Gasteiger partial charge in [-0.3, -0.25) is 0 Å². The van der Waals surface area contributed by atoms with Crippen molar-refractivity contribution in [2.75, 3.05) is 0 Å². The lowest BCUT2D eigenvalue weighted by Crippen LogP contribution is -2.24. The summed E-state index contributed by atoms with van der Waals surface area (Å²) in [7, 11) is 0. The minimum Gasteiger partial charge on any atom is -0.429 e. The van der Waals surface area contributed by atoms with Crippen LogP contribution in [0.25, 0.3) is 22.3 Å². The summed E-state index contributed by atoms with van der Waals surface area (Å²) in [5.41, 5.74) is -1.31. The molecule has 0 aromatic heterocycles. The zero-order chi connectivity index (χ0) is 36.0. The van der Waals surface area contributed by atoms with Crippen LogP contribution in [-0.2, 0) is 12.5 Å². The predicted molar refractivity (Wildman–Crippen MR) is 176 cm³/mol. The van der Waals surface area contributed by atoms with Crippen LogP contribution < -0.4 is 4.74 Å². The quantitative estimate of drug-likeness (QED) is 0.0994. The SMILES string of the molecule is CCCCCC1CCC(c2ccc(C(F)(F)Oc3ccc(-c4ccc(-c5cc(F)c(CCC=C(F)F)c(F)c5)c(F)c4)c(F)c3)c(F)c2)CC1. The van der Waals surface area contributed by atoms with Crippen molar-refractivity contribution in [2.45, 2.75) is 83.2 Å². The van der Waals surface area contributed by atoms with E-state index in [1.807, 2.05) is 0 Å². The monoisotopic (exact) mass is 704 g/mol. The number of benzene rings is 4. The molecule has 4 aromatic rings. The first-order valence-corrected chi connectivity index (χ1v) is 16.8. The Kier molecular flexibility index (Phi) is 12.0. The Bertz CT molecular complexity index is 1800. The lowest BCUT2D eigenvalue weighted by atomic mass is 9.77. The Balaban J connectivity index is 1.26. The van der Waals surface area contributed by atoms with Crippen LogP contribution in [0.15, 0.2) is 78.9 Å². The molecule has 266 valence electrons. The molecule has 1 nitrogen and oxygen atoms in total. The van der Waals surface area contributed by atoms with Crippen molar-refractivity contribution >= 4 is 0 Å². The van der Waals surface area contributed by atoms with Gasteiger partial charge in [0.25, 0.3) is 6.08 Å². The van der Waals surface area contributed by atoms with E-state index < -0.39 is 58.2 Å². The van der Waals surface area contributed by atoms with Crippen LogP contribution in [0.1, 0.15) is 87.3 Å². The summed E-state index contributed by atoms with van der Waals surface area (Å²) in [5, 5.41) is 0. The van der Waals surface area contributed by atoms with Gasteiger partial charge < -0.3 is 4.74 Å². The largest absolute Gasteiger partial charge is 0.429 e. The van der Waals surface area contributed by atoms with Gasteiger partial charge in [-0.05, 0) is 116 Å². The summed E-state index contributed by atoms with van der Waals surface area (Å²) < 4.78 is 134. The second kappa shape index (κ2) is 16.2. The third-order valence-corrected chi connectivity index (χ3v) is 9.45. The first-order chi connectivity index (χ1) is 23.9. The molecule has 0 heterocycles. The molecule has 0 unspecified atom stereocenters. The Labute approximate surface area is 285 Å². The molecule has 5 rings (SSSR count). The molecule has 0 spiro atoms. The Morgan fingerprint density at radius 1 is 0.720 bits per heavy atom. The van der Waals surface area contributed by atoms with Gasteiger partial charge in [0.05, 0.1) is 5.56 Å². The number of halogens is 9. The molecule has 4 aromatic carbocycles. The van der Waals surface area contributed by atoms with E-state index in [0.717, 1.165) is 74.6 Å². The molecule has 0 N–H and O–H groups in total. The van der Waals surface area contributed by atoms with Crippen LogP contribution in [0.2, 0.25) is 0 Å². The van der Waals surface area contributed by atoms with Crippen LogP contribution in [0, 0.1) is 35.0 Å². The van der Waals surface area contributed by atoms with Crippen LogP contribution in [0.3, 0.4) is 0 Å². The fourth-order valence-corrected chi connectivity index (χ4v) is 6.72. The zero-order valence-corrected chi connectivity index (χ0v) is 27.5. The van der Waals surface area contributed by atoms with Crippen molar-refractivity contribution in [3.8, 4) is 28.0 Å². The number of rotatable bonds is 13.